The van der Waals surface area contributed by atoms with Gasteiger partial charge in [-0.2, -0.15) is 5.26 Å². The van der Waals surface area contributed by atoms with Crippen LogP contribution in [0.25, 0.3) is 89.2 Å². The largest absolute Gasteiger partial charge is 0.456 e. The van der Waals surface area contributed by atoms with Crippen LogP contribution in [0.15, 0.2) is 175 Å². The third kappa shape index (κ3) is 5.82. The molecule has 3 heterocycles. The molecule has 5 nitrogen and oxygen atoms in total. The Morgan fingerprint density at radius 2 is 1.00 bits per heavy atom. The number of hydrogen-bond donors (Lipinski definition) is 0. The number of nitriles is 1. The van der Waals surface area contributed by atoms with E-state index >= 15 is 0 Å². The minimum Gasteiger partial charge on any atom is -0.456 e. The average molecular weight is 653 g/mol. The number of fused-ring (bicyclic) bond motifs is 3. The number of nitrogens with zero attached hydrogens (tertiary/aromatic N) is 4. The number of rotatable bonds is 6. The van der Waals surface area contributed by atoms with Crippen molar-refractivity contribution in [3.63, 3.8) is 0 Å². The molecule has 0 spiro atoms. The Bertz CT molecular complexity index is 2730. The molecule has 0 radical (unpaired) electrons. The Kier molecular flexibility index (Phi) is 7.46. The smallest absolute Gasteiger partial charge is 0.160 e. The summed E-state index contributed by atoms with van der Waals surface area (Å²) in [7, 11) is 0. The maximum Gasteiger partial charge on any atom is 0.160 e. The van der Waals surface area contributed by atoms with Crippen LogP contribution in [-0.2, 0) is 0 Å². The van der Waals surface area contributed by atoms with Gasteiger partial charge >= 0.3 is 0 Å². The van der Waals surface area contributed by atoms with Crippen LogP contribution in [0.4, 0.5) is 0 Å². The van der Waals surface area contributed by atoms with Crippen LogP contribution >= 0.6 is 0 Å². The predicted octanol–water partition coefficient (Wildman–Crippen LogP) is 11.6. The van der Waals surface area contributed by atoms with E-state index in [9.17, 15) is 5.26 Å². The van der Waals surface area contributed by atoms with Crippen molar-refractivity contribution in [3.8, 4) is 73.4 Å². The van der Waals surface area contributed by atoms with E-state index in [1.54, 1.807) is 12.3 Å². The Morgan fingerprint density at radius 1 is 0.431 bits per heavy atom. The van der Waals surface area contributed by atoms with Crippen LogP contribution in [0.2, 0.25) is 0 Å². The Balaban J connectivity index is 1.21. The minimum atomic E-state index is 0.571. The van der Waals surface area contributed by atoms with Crippen LogP contribution in [-0.4, -0.2) is 15.0 Å². The molecule has 51 heavy (non-hydrogen) atoms. The Labute approximate surface area is 294 Å². The van der Waals surface area contributed by atoms with E-state index in [0.717, 1.165) is 72.3 Å². The number of benzene rings is 6. The van der Waals surface area contributed by atoms with Gasteiger partial charge in [0.2, 0.25) is 0 Å². The number of furan rings is 1. The van der Waals surface area contributed by atoms with E-state index < -0.39 is 0 Å². The Hall–Kier alpha value is -7.16. The fourth-order valence-corrected chi connectivity index (χ4v) is 6.59. The molecule has 0 aliphatic heterocycles. The fourth-order valence-electron chi connectivity index (χ4n) is 6.59. The zero-order valence-electron chi connectivity index (χ0n) is 27.4. The molecule has 0 unspecified atom stereocenters. The second-order valence-electron chi connectivity index (χ2n) is 12.4. The monoisotopic (exact) mass is 652 g/mol. The van der Waals surface area contributed by atoms with E-state index in [-0.39, 0.29) is 0 Å². The maximum atomic E-state index is 9.42. The molecule has 0 saturated carbocycles. The molecule has 238 valence electrons. The van der Waals surface area contributed by atoms with Crippen LogP contribution in [0.1, 0.15) is 5.56 Å². The van der Waals surface area contributed by atoms with Crippen LogP contribution in [0, 0.1) is 11.3 Å². The molecule has 0 saturated heterocycles. The second-order valence-corrected chi connectivity index (χ2v) is 12.4. The molecule has 0 fully saturated rings. The van der Waals surface area contributed by atoms with Crippen molar-refractivity contribution in [3.05, 3.63) is 176 Å². The van der Waals surface area contributed by atoms with Crippen LogP contribution in [0.3, 0.4) is 0 Å². The molecule has 6 aromatic carbocycles. The van der Waals surface area contributed by atoms with Gasteiger partial charge in [0.05, 0.1) is 23.0 Å². The number of hydrogen-bond acceptors (Lipinski definition) is 5. The normalized spacial score (nSPS) is 11.1. The lowest BCUT2D eigenvalue weighted by molar-refractivity contribution is 0.669. The molecule has 0 N–H and O–H groups in total. The topological polar surface area (TPSA) is 75.6 Å². The molecule has 0 aliphatic carbocycles. The minimum absolute atomic E-state index is 0.571. The van der Waals surface area contributed by atoms with Gasteiger partial charge in [0.15, 0.2) is 5.82 Å². The highest BCUT2D eigenvalue weighted by atomic mass is 16.3. The first-order valence-corrected chi connectivity index (χ1v) is 16.7. The summed E-state index contributed by atoms with van der Waals surface area (Å²) in [5.74, 6) is 0.656. The highest BCUT2D eigenvalue weighted by molar-refractivity contribution is 6.06. The van der Waals surface area contributed by atoms with Crippen LogP contribution in [0.5, 0.6) is 0 Å². The highest BCUT2D eigenvalue weighted by Gasteiger charge is 2.15. The summed E-state index contributed by atoms with van der Waals surface area (Å²) in [5, 5.41) is 11.4. The summed E-state index contributed by atoms with van der Waals surface area (Å²) in [6.07, 6.45) is 3.67. The molecule has 0 atom stereocenters. The molecule has 9 rings (SSSR count). The SMILES string of the molecule is N#Cc1ccc2c(c1)oc1cc(-c3cc(-c4cccnc4)cc(-c4cc(-c5ccc(-c6ccccc6)cc5)nc(-c5ccccc5)n4)c3)ccc12. The first kappa shape index (κ1) is 29.9. The summed E-state index contributed by atoms with van der Waals surface area (Å²) in [6.45, 7) is 0. The van der Waals surface area contributed by atoms with Gasteiger partial charge in [-0.15, -0.1) is 0 Å². The van der Waals surface area contributed by atoms with E-state index in [2.05, 4.69) is 108 Å². The molecule has 0 amide bonds. The molecule has 5 heteroatoms. The maximum absolute atomic E-state index is 9.42. The van der Waals surface area contributed by atoms with Crippen LogP contribution < -0.4 is 0 Å². The molecular formula is C46H28N4O. The van der Waals surface area contributed by atoms with E-state index in [1.165, 1.54) is 5.56 Å². The predicted molar refractivity (Wildman–Crippen MR) is 204 cm³/mol. The lowest BCUT2D eigenvalue weighted by atomic mass is 9.94. The lowest BCUT2D eigenvalue weighted by Gasteiger charge is -2.13. The van der Waals surface area contributed by atoms with Crippen molar-refractivity contribution < 1.29 is 4.42 Å². The highest BCUT2D eigenvalue weighted by Crippen LogP contribution is 2.37. The van der Waals surface area contributed by atoms with Gasteiger partial charge in [0.25, 0.3) is 0 Å². The summed E-state index contributed by atoms with van der Waals surface area (Å²) < 4.78 is 6.27. The van der Waals surface area contributed by atoms with Gasteiger partial charge in [0, 0.05) is 45.4 Å². The van der Waals surface area contributed by atoms with Crippen molar-refractivity contribution in [2.75, 3.05) is 0 Å². The van der Waals surface area contributed by atoms with Crippen molar-refractivity contribution in [1.82, 2.24) is 15.0 Å². The van der Waals surface area contributed by atoms with Gasteiger partial charge in [-0.1, -0.05) is 97.1 Å². The van der Waals surface area contributed by atoms with Gasteiger partial charge < -0.3 is 4.42 Å². The van der Waals surface area contributed by atoms with E-state index in [0.29, 0.717) is 17.0 Å². The zero-order chi connectivity index (χ0) is 34.1. The fraction of sp³-hybridized carbons (Fsp3) is 0. The van der Waals surface area contributed by atoms with Gasteiger partial charge in [-0.3, -0.25) is 4.98 Å². The van der Waals surface area contributed by atoms with Crippen molar-refractivity contribution in [2.24, 2.45) is 0 Å². The van der Waals surface area contributed by atoms with Gasteiger partial charge in [-0.25, -0.2) is 9.97 Å². The Morgan fingerprint density at radius 3 is 1.71 bits per heavy atom. The number of aromatic nitrogens is 3. The first-order valence-electron chi connectivity index (χ1n) is 16.7. The standard InChI is InChI=1S/C46H28N4O/c47-28-30-13-19-40-41-20-18-35(26-45(41)51-44(40)22-30)37-23-38(36-12-7-21-48-29-36)25-39(24-37)43-27-42(49-46(50-43)34-10-5-2-6-11-34)33-16-14-32(15-17-33)31-8-3-1-4-9-31/h1-27,29H. The average Bonchev–Trinajstić information content (AvgIpc) is 3.58. The van der Waals surface area contributed by atoms with Crippen molar-refractivity contribution in [2.45, 2.75) is 0 Å². The summed E-state index contributed by atoms with van der Waals surface area (Å²) in [4.78, 5) is 14.7. The van der Waals surface area contributed by atoms with Crippen molar-refractivity contribution >= 4 is 21.9 Å². The van der Waals surface area contributed by atoms with Crippen molar-refractivity contribution in [1.29, 1.82) is 5.26 Å². The summed E-state index contributed by atoms with van der Waals surface area (Å²) >= 11 is 0. The molecule has 9 aromatic rings. The number of pyridine rings is 1. The summed E-state index contributed by atoms with van der Waals surface area (Å²) in [5.41, 5.74) is 13.0. The van der Waals surface area contributed by atoms with E-state index in [1.807, 2.05) is 60.8 Å². The third-order valence-corrected chi connectivity index (χ3v) is 9.21. The lowest BCUT2D eigenvalue weighted by Crippen LogP contribution is -1.96. The molecule has 3 aromatic heterocycles. The quantitative estimate of drug-likeness (QED) is 0.179. The van der Waals surface area contributed by atoms with E-state index in [4.69, 9.17) is 14.4 Å². The molecule has 0 bridgehead atoms. The van der Waals surface area contributed by atoms with Gasteiger partial charge in [0.1, 0.15) is 11.2 Å². The second kappa shape index (κ2) is 12.7. The molecular weight excluding hydrogens is 625 g/mol. The zero-order valence-corrected chi connectivity index (χ0v) is 27.4. The molecule has 0 aliphatic rings. The summed E-state index contributed by atoms with van der Waals surface area (Å²) in [6, 6.07) is 55.7. The first-order chi connectivity index (χ1) is 25.2. The third-order valence-electron chi connectivity index (χ3n) is 9.21. The van der Waals surface area contributed by atoms with Gasteiger partial charge in [-0.05, 0) is 88.5 Å².